The lowest BCUT2D eigenvalue weighted by Crippen LogP contribution is -2.26. The molecule has 2 aromatic rings. The van der Waals surface area contributed by atoms with Crippen molar-refractivity contribution in [1.82, 2.24) is 15.3 Å². The normalized spacial score (nSPS) is 10.1. The van der Waals surface area contributed by atoms with Gasteiger partial charge < -0.3 is 5.32 Å². The van der Waals surface area contributed by atoms with Gasteiger partial charge in [-0.05, 0) is 24.1 Å². The number of nitrogens with one attached hydrogen (secondary N) is 1. The number of hydrogen-bond acceptors (Lipinski definition) is 5. The minimum Gasteiger partial charge on any atom is -0.351 e. The fourth-order valence-electron chi connectivity index (χ4n) is 1.72. The van der Waals surface area contributed by atoms with E-state index in [1.165, 1.54) is 24.5 Å². The minimum absolute atomic E-state index is 0.0585. The molecule has 1 aromatic heterocycles. The smallest absolute Gasteiger partial charge is 0.282 e. The van der Waals surface area contributed by atoms with Crippen molar-refractivity contribution < 1.29 is 9.72 Å². The van der Waals surface area contributed by atoms with Gasteiger partial charge in [0, 0.05) is 30.0 Å². The van der Waals surface area contributed by atoms with Crippen molar-refractivity contribution in [3.63, 3.8) is 0 Å². The molecule has 1 aromatic carbocycles. The largest absolute Gasteiger partial charge is 0.351 e. The Balaban J connectivity index is 2.03. The molecule has 0 radical (unpaired) electrons. The highest BCUT2D eigenvalue weighted by atomic mass is 35.5. The Hall–Kier alpha value is -2.54. The van der Waals surface area contributed by atoms with Gasteiger partial charge in [-0.3, -0.25) is 14.9 Å². The molecule has 0 spiro atoms. The molecule has 108 valence electrons. The third kappa shape index (κ3) is 3.96. The highest BCUT2D eigenvalue weighted by Crippen LogP contribution is 2.22. The first-order valence-corrected chi connectivity index (χ1v) is 6.42. The summed E-state index contributed by atoms with van der Waals surface area (Å²) >= 11 is 5.78. The van der Waals surface area contributed by atoms with E-state index in [9.17, 15) is 14.9 Å². The Labute approximate surface area is 125 Å². The minimum atomic E-state index is -0.615. The Morgan fingerprint density at radius 3 is 2.71 bits per heavy atom. The number of carbonyl (C=O) groups is 1. The molecule has 0 aliphatic carbocycles. The summed E-state index contributed by atoms with van der Waals surface area (Å²) in [6.45, 7) is 0.315. The first-order valence-electron chi connectivity index (χ1n) is 6.04. The van der Waals surface area contributed by atoms with Gasteiger partial charge in [0.25, 0.3) is 11.6 Å². The summed E-state index contributed by atoms with van der Waals surface area (Å²) in [5, 5.41) is 13.8. The lowest BCUT2D eigenvalue weighted by atomic mass is 10.1. The van der Waals surface area contributed by atoms with Crippen molar-refractivity contribution in [2.45, 2.75) is 6.42 Å². The molecule has 0 unspecified atom stereocenters. The average Bonchev–Trinajstić information content (AvgIpc) is 2.47. The number of rotatable bonds is 5. The topological polar surface area (TPSA) is 98.0 Å². The van der Waals surface area contributed by atoms with Crippen LogP contribution in [-0.4, -0.2) is 27.3 Å². The van der Waals surface area contributed by atoms with Crippen LogP contribution in [0.1, 0.15) is 15.9 Å². The summed E-state index contributed by atoms with van der Waals surface area (Å²) in [6.07, 6.45) is 5.22. The molecular weight excluding hydrogens is 296 g/mol. The second-order valence-corrected chi connectivity index (χ2v) is 4.61. The number of amides is 1. The van der Waals surface area contributed by atoms with Crippen molar-refractivity contribution >= 4 is 23.2 Å². The van der Waals surface area contributed by atoms with Gasteiger partial charge in [-0.1, -0.05) is 11.6 Å². The summed E-state index contributed by atoms with van der Waals surface area (Å²) in [7, 11) is 0. The predicted molar refractivity (Wildman–Crippen MR) is 76.2 cm³/mol. The van der Waals surface area contributed by atoms with E-state index < -0.39 is 10.8 Å². The van der Waals surface area contributed by atoms with Crippen LogP contribution in [0, 0.1) is 10.1 Å². The number of carbonyl (C=O) groups excluding carboxylic acids is 1. The lowest BCUT2D eigenvalue weighted by Gasteiger charge is -2.06. The summed E-state index contributed by atoms with van der Waals surface area (Å²) in [4.78, 5) is 30.0. The number of nitro benzene ring substituents is 1. The van der Waals surface area contributed by atoms with Gasteiger partial charge in [0.1, 0.15) is 11.9 Å². The number of nitro groups is 1. The molecule has 1 heterocycles. The fourth-order valence-corrected chi connectivity index (χ4v) is 1.90. The third-order valence-corrected chi connectivity index (χ3v) is 2.95. The molecule has 1 amide bonds. The van der Waals surface area contributed by atoms with E-state index in [0.29, 0.717) is 13.0 Å². The van der Waals surface area contributed by atoms with Gasteiger partial charge in [0.15, 0.2) is 0 Å². The van der Waals surface area contributed by atoms with Crippen molar-refractivity contribution in [1.29, 1.82) is 0 Å². The lowest BCUT2D eigenvalue weighted by molar-refractivity contribution is -0.385. The van der Waals surface area contributed by atoms with Gasteiger partial charge in [0.05, 0.1) is 4.92 Å². The van der Waals surface area contributed by atoms with Gasteiger partial charge in [0.2, 0.25) is 0 Å². The number of halogens is 1. The van der Waals surface area contributed by atoms with Crippen LogP contribution >= 0.6 is 11.6 Å². The zero-order valence-corrected chi connectivity index (χ0v) is 11.6. The SMILES string of the molecule is O=C(NCCc1cncnc1)c1cc(Cl)ccc1[N+](=O)[O-]. The Morgan fingerprint density at radius 2 is 2.05 bits per heavy atom. The van der Waals surface area contributed by atoms with Crippen LogP contribution in [0.3, 0.4) is 0 Å². The van der Waals surface area contributed by atoms with Gasteiger partial charge in [-0.2, -0.15) is 0 Å². The number of benzene rings is 1. The number of aromatic nitrogens is 2. The summed E-state index contributed by atoms with van der Waals surface area (Å²) in [5.41, 5.74) is 0.523. The highest BCUT2D eigenvalue weighted by Gasteiger charge is 2.20. The van der Waals surface area contributed by atoms with Crippen molar-refractivity contribution in [3.05, 3.63) is 63.2 Å². The Kier molecular flexibility index (Phi) is 4.78. The Morgan fingerprint density at radius 1 is 1.33 bits per heavy atom. The fraction of sp³-hybridized carbons (Fsp3) is 0.154. The first-order chi connectivity index (χ1) is 10.1. The summed E-state index contributed by atoms with van der Waals surface area (Å²) in [5.74, 6) is -0.541. The van der Waals surface area contributed by atoms with E-state index in [1.54, 1.807) is 12.4 Å². The molecular formula is C13H11ClN4O3. The highest BCUT2D eigenvalue weighted by molar-refractivity contribution is 6.31. The summed E-state index contributed by atoms with van der Waals surface area (Å²) in [6, 6.07) is 3.86. The standard InChI is InChI=1S/C13H11ClN4O3/c14-10-1-2-12(18(20)21)11(5-10)13(19)17-4-3-9-6-15-8-16-7-9/h1-2,5-8H,3-4H2,(H,17,19). The van der Waals surface area contributed by atoms with Crippen molar-refractivity contribution in [3.8, 4) is 0 Å². The molecule has 2 rings (SSSR count). The zero-order valence-electron chi connectivity index (χ0n) is 10.8. The van der Waals surface area contributed by atoms with Crippen LogP contribution in [0.25, 0.3) is 0 Å². The van der Waals surface area contributed by atoms with Gasteiger partial charge in [-0.15, -0.1) is 0 Å². The molecule has 1 N–H and O–H groups in total. The molecule has 0 aliphatic heterocycles. The number of nitrogens with zero attached hydrogens (tertiary/aromatic N) is 3. The van der Waals surface area contributed by atoms with Crippen LogP contribution < -0.4 is 5.32 Å². The van der Waals surface area contributed by atoms with Gasteiger partial charge >= 0.3 is 0 Å². The predicted octanol–water partition coefficient (Wildman–Crippen LogP) is 2.01. The zero-order chi connectivity index (χ0) is 15.2. The molecule has 0 atom stereocenters. The van der Waals surface area contributed by atoms with Crippen LogP contribution in [0.15, 0.2) is 36.9 Å². The molecule has 21 heavy (non-hydrogen) atoms. The monoisotopic (exact) mass is 306 g/mol. The second kappa shape index (κ2) is 6.76. The van der Waals surface area contributed by atoms with Crippen LogP contribution in [0.5, 0.6) is 0 Å². The third-order valence-electron chi connectivity index (χ3n) is 2.71. The maximum absolute atomic E-state index is 12.0. The second-order valence-electron chi connectivity index (χ2n) is 4.17. The van der Waals surface area contributed by atoms with E-state index in [4.69, 9.17) is 11.6 Å². The molecule has 8 heteroatoms. The van der Waals surface area contributed by atoms with Crippen molar-refractivity contribution in [2.24, 2.45) is 0 Å². The van der Waals surface area contributed by atoms with Gasteiger partial charge in [-0.25, -0.2) is 9.97 Å². The van der Waals surface area contributed by atoms with E-state index >= 15 is 0 Å². The van der Waals surface area contributed by atoms with E-state index in [2.05, 4.69) is 15.3 Å². The molecule has 7 nitrogen and oxygen atoms in total. The van der Waals surface area contributed by atoms with E-state index in [-0.39, 0.29) is 16.3 Å². The van der Waals surface area contributed by atoms with Crippen molar-refractivity contribution in [2.75, 3.05) is 6.54 Å². The molecule has 0 saturated carbocycles. The first kappa shape index (κ1) is 14.9. The molecule has 0 aliphatic rings. The molecule has 0 bridgehead atoms. The van der Waals surface area contributed by atoms with E-state index in [0.717, 1.165) is 5.56 Å². The molecule has 0 saturated heterocycles. The van der Waals surface area contributed by atoms with Crippen LogP contribution in [0.2, 0.25) is 5.02 Å². The maximum atomic E-state index is 12.0. The number of hydrogen-bond donors (Lipinski definition) is 1. The van der Waals surface area contributed by atoms with Crippen LogP contribution in [0.4, 0.5) is 5.69 Å². The average molecular weight is 307 g/mol. The molecule has 0 fully saturated rings. The quantitative estimate of drug-likeness (QED) is 0.673. The summed E-state index contributed by atoms with van der Waals surface area (Å²) < 4.78 is 0. The van der Waals surface area contributed by atoms with E-state index in [1.807, 2.05) is 0 Å². The maximum Gasteiger partial charge on any atom is 0.282 e. The Bertz CT molecular complexity index is 664. The van der Waals surface area contributed by atoms with Crippen LogP contribution in [-0.2, 0) is 6.42 Å².